The SMILES string of the molecule is CN(C)c1ccc(-c2cccc(N)c2)c(N)c1. The van der Waals surface area contributed by atoms with Crippen molar-refractivity contribution in [2.45, 2.75) is 0 Å². The van der Waals surface area contributed by atoms with Crippen LogP contribution in [-0.4, -0.2) is 14.1 Å². The number of nitrogen functional groups attached to an aromatic ring is 2. The van der Waals surface area contributed by atoms with E-state index in [1.54, 1.807) is 0 Å². The maximum atomic E-state index is 6.07. The molecule has 0 fully saturated rings. The summed E-state index contributed by atoms with van der Waals surface area (Å²) >= 11 is 0. The highest BCUT2D eigenvalue weighted by atomic mass is 15.1. The third-order valence-corrected chi connectivity index (χ3v) is 2.75. The summed E-state index contributed by atoms with van der Waals surface area (Å²) in [5.41, 5.74) is 16.5. The lowest BCUT2D eigenvalue weighted by Gasteiger charge is -2.15. The maximum Gasteiger partial charge on any atom is 0.0414 e. The van der Waals surface area contributed by atoms with Gasteiger partial charge in [-0.25, -0.2) is 0 Å². The fourth-order valence-electron chi connectivity index (χ4n) is 1.80. The Morgan fingerprint density at radius 2 is 1.71 bits per heavy atom. The van der Waals surface area contributed by atoms with Crippen LogP contribution < -0.4 is 16.4 Å². The molecule has 0 spiro atoms. The molecule has 4 N–H and O–H groups in total. The van der Waals surface area contributed by atoms with Crippen molar-refractivity contribution in [3.05, 3.63) is 42.5 Å². The van der Waals surface area contributed by atoms with E-state index >= 15 is 0 Å². The maximum absolute atomic E-state index is 6.07. The fraction of sp³-hybridized carbons (Fsp3) is 0.143. The van der Waals surface area contributed by atoms with Crippen molar-refractivity contribution in [1.82, 2.24) is 0 Å². The second-order valence-corrected chi connectivity index (χ2v) is 4.29. The van der Waals surface area contributed by atoms with Crippen molar-refractivity contribution in [3.8, 4) is 11.1 Å². The molecule has 2 aromatic rings. The predicted molar refractivity (Wildman–Crippen MR) is 75.0 cm³/mol. The van der Waals surface area contributed by atoms with Crippen LogP contribution in [0.2, 0.25) is 0 Å². The summed E-state index contributed by atoms with van der Waals surface area (Å²) in [4.78, 5) is 2.03. The fourth-order valence-corrected chi connectivity index (χ4v) is 1.80. The summed E-state index contributed by atoms with van der Waals surface area (Å²) < 4.78 is 0. The van der Waals surface area contributed by atoms with Crippen molar-refractivity contribution < 1.29 is 0 Å². The van der Waals surface area contributed by atoms with Gasteiger partial charge in [0.2, 0.25) is 0 Å². The molecule has 0 atom stereocenters. The molecule has 0 aromatic heterocycles. The topological polar surface area (TPSA) is 55.3 Å². The van der Waals surface area contributed by atoms with E-state index < -0.39 is 0 Å². The molecule has 3 heteroatoms. The zero-order chi connectivity index (χ0) is 12.4. The third-order valence-electron chi connectivity index (χ3n) is 2.75. The smallest absolute Gasteiger partial charge is 0.0414 e. The highest BCUT2D eigenvalue weighted by Gasteiger charge is 2.04. The molecule has 0 amide bonds. The second kappa shape index (κ2) is 4.37. The van der Waals surface area contributed by atoms with E-state index in [-0.39, 0.29) is 0 Å². The van der Waals surface area contributed by atoms with E-state index in [0.29, 0.717) is 0 Å². The molecule has 0 aliphatic heterocycles. The van der Waals surface area contributed by atoms with Crippen LogP contribution in [-0.2, 0) is 0 Å². The van der Waals surface area contributed by atoms with E-state index in [1.165, 1.54) is 0 Å². The number of rotatable bonds is 2. The summed E-state index contributed by atoms with van der Waals surface area (Å²) in [5, 5.41) is 0. The average molecular weight is 227 g/mol. The van der Waals surface area contributed by atoms with Gasteiger partial charge in [-0.05, 0) is 29.8 Å². The molecule has 88 valence electrons. The van der Waals surface area contributed by atoms with Gasteiger partial charge in [-0.1, -0.05) is 18.2 Å². The standard InChI is InChI=1S/C14H17N3/c1-17(2)12-6-7-13(14(16)9-12)10-4-3-5-11(15)8-10/h3-9H,15-16H2,1-2H3. The van der Waals surface area contributed by atoms with Crippen LogP contribution in [0.25, 0.3) is 11.1 Å². The van der Waals surface area contributed by atoms with Gasteiger partial charge in [-0.2, -0.15) is 0 Å². The number of hydrogen-bond acceptors (Lipinski definition) is 3. The Labute approximate surface area is 102 Å². The summed E-state index contributed by atoms with van der Waals surface area (Å²) in [6, 6.07) is 13.8. The van der Waals surface area contributed by atoms with Crippen LogP contribution in [0.4, 0.5) is 17.1 Å². The quantitative estimate of drug-likeness (QED) is 0.775. The van der Waals surface area contributed by atoms with Gasteiger partial charge in [0.1, 0.15) is 0 Å². The lowest BCUT2D eigenvalue weighted by Crippen LogP contribution is -2.09. The largest absolute Gasteiger partial charge is 0.399 e. The Morgan fingerprint density at radius 1 is 0.941 bits per heavy atom. The van der Waals surface area contributed by atoms with E-state index in [2.05, 4.69) is 6.07 Å². The summed E-state index contributed by atoms with van der Waals surface area (Å²) in [5.74, 6) is 0. The van der Waals surface area contributed by atoms with Crippen LogP contribution in [0.1, 0.15) is 0 Å². The van der Waals surface area contributed by atoms with Gasteiger partial charge in [-0.3, -0.25) is 0 Å². The molecule has 3 nitrogen and oxygen atoms in total. The van der Waals surface area contributed by atoms with Gasteiger partial charge < -0.3 is 16.4 Å². The van der Waals surface area contributed by atoms with Gasteiger partial charge in [0, 0.05) is 36.7 Å². The van der Waals surface area contributed by atoms with Crippen molar-refractivity contribution in [2.24, 2.45) is 0 Å². The zero-order valence-corrected chi connectivity index (χ0v) is 10.1. The van der Waals surface area contributed by atoms with Crippen LogP contribution in [0, 0.1) is 0 Å². The monoisotopic (exact) mass is 227 g/mol. The zero-order valence-electron chi connectivity index (χ0n) is 10.1. The van der Waals surface area contributed by atoms with Crippen LogP contribution in [0.5, 0.6) is 0 Å². The molecule has 0 aliphatic carbocycles. The van der Waals surface area contributed by atoms with Gasteiger partial charge in [-0.15, -0.1) is 0 Å². The number of nitrogens with two attached hydrogens (primary N) is 2. The first-order valence-corrected chi connectivity index (χ1v) is 5.50. The van der Waals surface area contributed by atoms with Gasteiger partial charge in [0.25, 0.3) is 0 Å². The average Bonchev–Trinajstić information content (AvgIpc) is 2.28. The minimum absolute atomic E-state index is 0.749. The number of nitrogens with zero attached hydrogens (tertiary/aromatic N) is 1. The van der Waals surface area contributed by atoms with Crippen LogP contribution >= 0.6 is 0 Å². The van der Waals surface area contributed by atoms with Gasteiger partial charge in [0.05, 0.1) is 0 Å². The minimum atomic E-state index is 0.749. The molecule has 17 heavy (non-hydrogen) atoms. The van der Waals surface area contributed by atoms with Crippen molar-refractivity contribution >= 4 is 17.1 Å². The molecule has 0 bridgehead atoms. The number of benzene rings is 2. The summed E-state index contributed by atoms with van der Waals surface area (Å²) in [6.45, 7) is 0. The molecule has 0 saturated heterocycles. The summed E-state index contributed by atoms with van der Waals surface area (Å²) in [7, 11) is 3.99. The Bertz CT molecular complexity index is 533. The Morgan fingerprint density at radius 3 is 2.29 bits per heavy atom. The number of anilines is 3. The van der Waals surface area contributed by atoms with E-state index in [1.807, 2.05) is 55.4 Å². The second-order valence-electron chi connectivity index (χ2n) is 4.29. The molecule has 2 aromatic carbocycles. The van der Waals surface area contributed by atoms with E-state index in [9.17, 15) is 0 Å². The van der Waals surface area contributed by atoms with Gasteiger partial charge >= 0.3 is 0 Å². The molecule has 0 saturated carbocycles. The van der Waals surface area contributed by atoms with E-state index in [0.717, 1.165) is 28.2 Å². The van der Waals surface area contributed by atoms with Crippen LogP contribution in [0.15, 0.2) is 42.5 Å². The lowest BCUT2D eigenvalue weighted by molar-refractivity contribution is 1.13. The molecule has 0 radical (unpaired) electrons. The highest BCUT2D eigenvalue weighted by molar-refractivity contribution is 5.80. The van der Waals surface area contributed by atoms with Crippen molar-refractivity contribution in [3.63, 3.8) is 0 Å². The molecule has 0 heterocycles. The minimum Gasteiger partial charge on any atom is -0.399 e. The molecular weight excluding hydrogens is 210 g/mol. The Balaban J connectivity index is 2.47. The molecule has 0 aliphatic rings. The van der Waals surface area contributed by atoms with Crippen molar-refractivity contribution in [1.29, 1.82) is 0 Å². The Hall–Kier alpha value is -2.16. The third kappa shape index (κ3) is 2.33. The predicted octanol–water partition coefficient (Wildman–Crippen LogP) is 2.58. The normalized spacial score (nSPS) is 10.2. The van der Waals surface area contributed by atoms with E-state index in [4.69, 9.17) is 11.5 Å². The first kappa shape index (κ1) is 11.3. The first-order valence-electron chi connectivity index (χ1n) is 5.50. The van der Waals surface area contributed by atoms with Crippen LogP contribution in [0.3, 0.4) is 0 Å². The molecule has 0 unspecified atom stereocenters. The lowest BCUT2D eigenvalue weighted by atomic mass is 10.0. The Kier molecular flexibility index (Phi) is 2.91. The molecule has 2 rings (SSSR count). The van der Waals surface area contributed by atoms with Gasteiger partial charge in [0.15, 0.2) is 0 Å². The molecular formula is C14H17N3. The summed E-state index contributed by atoms with van der Waals surface area (Å²) in [6.07, 6.45) is 0. The number of hydrogen-bond donors (Lipinski definition) is 2. The first-order chi connectivity index (χ1) is 8.08. The van der Waals surface area contributed by atoms with Crippen molar-refractivity contribution in [2.75, 3.05) is 30.5 Å². The highest BCUT2D eigenvalue weighted by Crippen LogP contribution is 2.30.